The van der Waals surface area contributed by atoms with Gasteiger partial charge in [0.15, 0.2) is 10.9 Å². The minimum Gasteiger partial charge on any atom is -0.325 e. The van der Waals surface area contributed by atoms with Crippen LogP contribution in [-0.4, -0.2) is 21.1 Å². The van der Waals surface area contributed by atoms with Crippen molar-refractivity contribution < 1.29 is 18.0 Å². The number of anilines is 1. The van der Waals surface area contributed by atoms with Gasteiger partial charge < -0.3 is 10.3 Å². The molecule has 0 fully saturated rings. The Hall–Kier alpha value is -2.81. The molecule has 2 N–H and O–H groups in total. The maximum Gasteiger partial charge on any atom is 0.433 e. The van der Waals surface area contributed by atoms with Crippen LogP contribution < -0.4 is 10.9 Å². The summed E-state index contributed by atoms with van der Waals surface area (Å²) in [5.41, 5.74) is -1.66. The number of aromatic amines is 1. The number of rotatable bonds is 4. The van der Waals surface area contributed by atoms with Crippen LogP contribution in [0.15, 0.2) is 58.5 Å². The summed E-state index contributed by atoms with van der Waals surface area (Å²) in [6, 6.07) is 13.4. The summed E-state index contributed by atoms with van der Waals surface area (Å²) >= 11 is 0.740. The number of thioether (sulfide) groups is 1. The van der Waals surface area contributed by atoms with E-state index in [1.807, 2.05) is 30.3 Å². The summed E-state index contributed by atoms with van der Waals surface area (Å²) in [7, 11) is 0. The first kappa shape index (κ1) is 19.0. The lowest BCUT2D eigenvalue weighted by Gasteiger charge is -2.13. The van der Waals surface area contributed by atoms with Crippen LogP contribution in [0, 0.1) is 0 Å². The number of H-pyrrole nitrogens is 1. The summed E-state index contributed by atoms with van der Waals surface area (Å²) in [6.07, 6.45) is -4.74. The molecule has 3 aromatic rings. The smallest absolute Gasteiger partial charge is 0.325 e. The van der Waals surface area contributed by atoms with Crippen molar-refractivity contribution in [3.8, 4) is 0 Å². The molecule has 0 spiro atoms. The van der Waals surface area contributed by atoms with Crippen LogP contribution in [0.2, 0.25) is 0 Å². The zero-order valence-corrected chi connectivity index (χ0v) is 14.8. The zero-order chi connectivity index (χ0) is 19.6. The van der Waals surface area contributed by atoms with E-state index in [1.165, 1.54) is 6.92 Å². The van der Waals surface area contributed by atoms with Gasteiger partial charge in [0.2, 0.25) is 5.91 Å². The van der Waals surface area contributed by atoms with E-state index in [4.69, 9.17) is 0 Å². The highest BCUT2D eigenvalue weighted by Gasteiger charge is 2.33. The number of benzene rings is 2. The Bertz CT molecular complexity index is 1050. The van der Waals surface area contributed by atoms with Crippen molar-refractivity contribution >= 4 is 34.1 Å². The van der Waals surface area contributed by atoms with Crippen LogP contribution in [0.25, 0.3) is 10.8 Å². The Morgan fingerprint density at radius 3 is 2.56 bits per heavy atom. The summed E-state index contributed by atoms with van der Waals surface area (Å²) in [5, 5.41) is 3.63. The summed E-state index contributed by atoms with van der Waals surface area (Å²) in [4.78, 5) is 29.3. The zero-order valence-electron chi connectivity index (χ0n) is 14.0. The van der Waals surface area contributed by atoms with Gasteiger partial charge in [-0.25, -0.2) is 4.98 Å². The van der Waals surface area contributed by atoms with Crippen molar-refractivity contribution in [1.29, 1.82) is 0 Å². The molecule has 0 aliphatic carbocycles. The van der Waals surface area contributed by atoms with Crippen molar-refractivity contribution in [1.82, 2.24) is 9.97 Å². The lowest BCUT2D eigenvalue weighted by Crippen LogP contribution is -2.24. The SMILES string of the molecule is CC(Sc1nc(C(F)(F)F)cc(=O)[nH]1)C(=O)Nc1ccc2ccccc2c1. The lowest BCUT2D eigenvalue weighted by molar-refractivity contribution is -0.141. The maximum atomic E-state index is 12.8. The molecular weight excluding hydrogens is 379 g/mol. The Labute approximate surface area is 156 Å². The third kappa shape index (κ3) is 4.68. The van der Waals surface area contributed by atoms with E-state index in [2.05, 4.69) is 15.3 Å². The number of alkyl halides is 3. The van der Waals surface area contributed by atoms with Crippen LogP contribution in [0.3, 0.4) is 0 Å². The van der Waals surface area contributed by atoms with E-state index < -0.39 is 28.6 Å². The Balaban J connectivity index is 1.73. The molecule has 0 saturated carbocycles. The van der Waals surface area contributed by atoms with Gasteiger partial charge in [-0.3, -0.25) is 9.59 Å². The second kappa shape index (κ2) is 7.43. The average Bonchev–Trinajstić information content (AvgIpc) is 2.60. The lowest BCUT2D eigenvalue weighted by atomic mass is 10.1. The molecule has 5 nitrogen and oxygen atoms in total. The van der Waals surface area contributed by atoms with Gasteiger partial charge >= 0.3 is 6.18 Å². The quantitative estimate of drug-likeness (QED) is 0.518. The molecule has 2 aromatic carbocycles. The molecule has 3 rings (SSSR count). The van der Waals surface area contributed by atoms with Crippen LogP contribution in [0.4, 0.5) is 18.9 Å². The number of halogens is 3. The van der Waals surface area contributed by atoms with Gasteiger partial charge in [0.25, 0.3) is 5.56 Å². The topological polar surface area (TPSA) is 74.8 Å². The molecule has 27 heavy (non-hydrogen) atoms. The molecule has 0 aliphatic rings. The number of carbonyl (C=O) groups is 1. The number of aromatic nitrogens is 2. The number of nitrogens with one attached hydrogen (secondary N) is 2. The highest BCUT2D eigenvalue weighted by Crippen LogP contribution is 2.28. The Morgan fingerprint density at radius 1 is 1.15 bits per heavy atom. The normalized spacial score (nSPS) is 12.7. The highest BCUT2D eigenvalue weighted by molar-refractivity contribution is 8.00. The first-order valence-corrected chi connectivity index (χ1v) is 8.75. The van der Waals surface area contributed by atoms with Crippen molar-refractivity contribution in [2.75, 3.05) is 5.32 Å². The molecular formula is C18H14F3N3O2S. The number of amides is 1. The molecule has 0 aliphatic heterocycles. The van der Waals surface area contributed by atoms with Crippen LogP contribution in [-0.2, 0) is 11.0 Å². The van der Waals surface area contributed by atoms with Gasteiger partial charge in [-0.1, -0.05) is 42.1 Å². The standard InChI is InChI=1S/C18H14F3N3O2S/c1-10(27-17-23-14(18(19,20)21)9-15(25)24-17)16(26)22-13-7-6-11-4-2-3-5-12(11)8-13/h2-10H,1H3,(H,22,26)(H,23,24,25). The van der Waals surface area contributed by atoms with E-state index in [-0.39, 0.29) is 5.16 Å². The fraction of sp³-hybridized carbons (Fsp3) is 0.167. The molecule has 1 unspecified atom stereocenters. The summed E-state index contributed by atoms with van der Waals surface area (Å²) in [5.74, 6) is -0.421. The Kier molecular flexibility index (Phi) is 5.22. The van der Waals surface area contributed by atoms with Crippen LogP contribution in [0.5, 0.6) is 0 Å². The Morgan fingerprint density at radius 2 is 1.85 bits per heavy atom. The van der Waals surface area contributed by atoms with Gasteiger partial charge in [-0.05, 0) is 29.8 Å². The van der Waals surface area contributed by atoms with E-state index in [9.17, 15) is 22.8 Å². The van der Waals surface area contributed by atoms with Crippen molar-refractivity contribution in [2.24, 2.45) is 0 Å². The van der Waals surface area contributed by atoms with E-state index in [0.29, 0.717) is 11.8 Å². The van der Waals surface area contributed by atoms with Gasteiger partial charge in [-0.15, -0.1) is 0 Å². The van der Waals surface area contributed by atoms with Crippen LogP contribution >= 0.6 is 11.8 Å². The predicted octanol–water partition coefficient (Wildman–Crippen LogP) is 4.06. The van der Waals surface area contributed by atoms with E-state index in [0.717, 1.165) is 22.5 Å². The maximum absolute atomic E-state index is 12.8. The number of fused-ring (bicyclic) bond motifs is 1. The molecule has 0 radical (unpaired) electrons. The second-order valence-electron chi connectivity index (χ2n) is 5.74. The molecule has 1 amide bonds. The molecule has 9 heteroatoms. The monoisotopic (exact) mass is 393 g/mol. The van der Waals surface area contributed by atoms with Gasteiger partial charge in [0.05, 0.1) is 5.25 Å². The molecule has 140 valence electrons. The molecule has 0 saturated heterocycles. The third-order valence-electron chi connectivity index (χ3n) is 3.69. The number of carbonyl (C=O) groups excluding carboxylic acids is 1. The van der Waals surface area contributed by atoms with Crippen LogP contribution in [0.1, 0.15) is 12.6 Å². The number of hydrogen-bond donors (Lipinski definition) is 2. The fourth-order valence-corrected chi connectivity index (χ4v) is 3.18. The minimum atomic E-state index is -4.74. The van der Waals surface area contributed by atoms with Crippen molar-refractivity contribution in [3.63, 3.8) is 0 Å². The minimum absolute atomic E-state index is 0.268. The van der Waals surface area contributed by atoms with Crippen molar-refractivity contribution in [3.05, 3.63) is 64.6 Å². The summed E-state index contributed by atoms with van der Waals surface area (Å²) in [6.45, 7) is 1.52. The van der Waals surface area contributed by atoms with Crippen molar-refractivity contribution in [2.45, 2.75) is 23.5 Å². The molecule has 1 aromatic heterocycles. The highest BCUT2D eigenvalue weighted by atomic mass is 32.2. The van der Waals surface area contributed by atoms with Gasteiger partial charge in [-0.2, -0.15) is 13.2 Å². The first-order valence-electron chi connectivity index (χ1n) is 7.87. The third-order valence-corrected chi connectivity index (χ3v) is 4.67. The van der Waals surface area contributed by atoms with E-state index in [1.54, 1.807) is 12.1 Å². The molecule has 1 heterocycles. The largest absolute Gasteiger partial charge is 0.433 e. The van der Waals surface area contributed by atoms with Gasteiger partial charge in [0.1, 0.15) is 0 Å². The average molecular weight is 393 g/mol. The molecule has 1 atom stereocenters. The molecule has 0 bridgehead atoms. The van der Waals surface area contributed by atoms with Gasteiger partial charge in [0, 0.05) is 11.8 Å². The summed E-state index contributed by atoms with van der Waals surface area (Å²) < 4.78 is 38.3. The predicted molar refractivity (Wildman–Crippen MR) is 97.8 cm³/mol. The number of hydrogen-bond acceptors (Lipinski definition) is 4. The first-order chi connectivity index (χ1) is 12.7. The fourth-order valence-electron chi connectivity index (χ4n) is 2.37. The number of nitrogens with zero attached hydrogens (tertiary/aromatic N) is 1. The van der Waals surface area contributed by atoms with E-state index >= 15 is 0 Å². The second-order valence-corrected chi connectivity index (χ2v) is 7.07.